The first-order chi connectivity index (χ1) is 17.0. The van der Waals surface area contributed by atoms with Crippen molar-refractivity contribution < 1.29 is 36.8 Å². The van der Waals surface area contributed by atoms with Gasteiger partial charge in [0.2, 0.25) is 5.91 Å². The molecule has 7 nitrogen and oxygen atoms in total. The smallest absolute Gasteiger partial charge is 0.490 e. The van der Waals surface area contributed by atoms with Crippen molar-refractivity contribution in [2.45, 2.75) is 49.3 Å². The highest BCUT2D eigenvalue weighted by Gasteiger charge is 2.38. The Morgan fingerprint density at radius 3 is 2.08 bits per heavy atom. The Morgan fingerprint density at radius 1 is 1.06 bits per heavy atom. The number of benzene rings is 2. The zero-order valence-electron chi connectivity index (χ0n) is 20.4. The van der Waals surface area contributed by atoms with Gasteiger partial charge in [-0.1, -0.05) is 18.2 Å². The van der Waals surface area contributed by atoms with Gasteiger partial charge in [-0.3, -0.25) is 9.00 Å². The van der Waals surface area contributed by atoms with Crippen LogP contribution in [0.2, 0.25) is 0 Å². The number of amides is 1. The maximum absolute atomic E-state index is 12.6. The van der Waals surface area contributed by atoms with Gasteiger partial charge in [0, 0.05) is 46.0 Å². The zero-order valence-corrected chi connectivity index (χ0v) is 21.2. The number of alkyl halides is 3. The molecule has 1 atom stereocenters. The van der Waals surface area contributed by atoms with Gasteiger partial charge >= 0.3 is 12.1 Å². The van der Waals surface area contributed by atoms with Gasteiger partial charge in [0.25, 0.3) is 0 Å². The highest BCUT2D eigenvalue weighted by atomic mass is 32.2. The monoisotopic (exact) mass is 528 g/mol. The first-order valence-corrected chi connectivity index (χ1v) is 12.9. The van der Waals surface area contributed by atoms with E-state index in [-0.39, 0.29) is 11.8 Å². The van der Waals surface area contributed by atoms with Crippen molar-refractivity contribution in [3.05, 3.63) is 48.0 Å². The first kappa shape index (κ1) is 29.3. The van der Waals surface area contributed by atoms with E-state index in [1.807, 2.05) is 43.4 Å². The van der Waals surface area contributed by atoms with Crippen LogP contribution in [0.3, 0.4) is 0 Å². The number of hydrogen-bond donors (Lipinski definition) is 3. The molecule has 1 saturated carbocycles. The predicted octanol–water partition coefficient (Wildman–Crippen LogP) is 4.13. The van der Waals surface area contributed by atoms with Crippen molar-refractivity contribution in [3.8, 4) is 16.9 Å². The van der Waals surface area contributed by atoms with E-state index in [9.17, 15) is 22.2 Å². The minimum absolute atomic E-state index is 0.0937. The quantitative estimate of drug-likeness (QED) is 0.499. The van der Waals surface area contributed by atoms with Crippen LogP contribution in [0.4, 0.5) is 13.2 Å². The number of carboxylic acids is 1. The molecule has 36 heavy (non-hydrogen) atoms. The molecule has 0 bridgehead atoms. The summed E-state index contributed by atoms with van der Waals surface area (Å²) in [6.07, 6.45) is 0.547. The summed E-state index contributed by atoms with van der Waals surface area (Å²) in [5, 5.41) is 13.5. The molecule has 1 aliphatic carbocycles. The second-order valence-electron chi connectivity index (χ2n) is 8.36. The van der Waals surface area contributed by atoms with E-state index < -0.39 is 22.9 Å². The molecule has 3 rings (SSSR count). The van der Waals surface area contributed by atoms with Crippen LogP contribution < -0.4 is 15.4 Å². The van der Waals surface area contributed by atoms with Crippen molar-refractivity contribution in [2.24, 2.45) is 5.92 Å². The van der Waals surface area contributed by atoms with Gasteiger partial charge in [0.05, 0.1) is 7.11 Å². The summed E-state index contributed by atoms with van der Waals surface area (Å²) in [4.78, 5) is 22.3. The SMILES string of the molecule is CNC1CCC(C(=O)NCc2cc(-c3ccc(S(C)=O)cc3)ccc2OC)CC1.O=C(O)C(F)(F)F. The molecule has 0 aliphatic heterocycles. The lowest BCUT2D eigenvalue weighted by Crippen LogP contribution is -2.37. The standard InChI is InChI=1S/C23H30N2O3S.C2HF3O2/c1-24-20-9-4-17(5-10-20)23(26)25-15-19-14-18(8-13-22(19)28-2)16-6-11-21(12-7-16)29(3)27;3-2(4,5)1(6)7/h6-8,11-14,17,20,24H,4-5,9-10,15H2,1-3H3,(H,25,26);(H,6,7). The van der Waals surface area contributed by atoms with E-state index in [1.165, 1.54) is 0 Å². The van der Waals surface area contributed by atoms with E-state index in [4.69, 9.17) is 14.6 Å². The van der Waals surface area contributed by atoms with Crippen molar-refractivity contribution >= 4 is 22.7 Å². The zero-order chi connectivity index (χ0) is 26.9. The highest BCUT2D eigenvalue weighted by Crippen LogP contribution is 2.28. The molecule has 0 heterocycles. The number of carbonyl (C=O) groups excluding carboxylic acids is 1. The second kappa shape index (κ2) is 13.4. The molecular weight excluding hydrogens is 497 g/mol. The largest absolute Gasteiger partial charge is 0.496 e. The Balaban J connectivity index is 0.000000572. The fourth-order valence-corrected chi connectivity index (χ4v) is 4.43. The molecule has 0 saturated heterocycles. The number of aliphatic carboxylic acids is 1. The fourth-order valence-electron chi connectivity index (χ4n) is 3.91. The molecule has 1 fully saturated rings. The Hall–Kier alpha value is -2.92. The fraction of sp³-hybridized carbons (Fsp3) is 0.440. The Labute approximate surface area is 210 Å². The van der Waals surface area contributed by atoms with Gasteiger partial charge in [-0.25, -0.2) is 4.79 Å². The van der Waals surface area contributed by atoms with Crippen LogP contribution in [-0.4, -0.2) is 53.8 Å². The van der Waals surface area contributed by atoms with Crippen LogP contribution >= 0.6 is 0 Å². The summed E-state index contributed by atoms with van der Waals surface area (Å²) in [7, 11) is 2.64. The van der Waals surface area contributed by atoms with Gasteiger partial charge in [0.1, 0.15) is 5.75 Å². The van der Waals surface area contributed by atoms with E-state index in [0.717, 1.165) is 53.0 Å². The molecule has 2 aromatic carbocycles. The summed E-state index contributed by atoms with van der Waals surface area (Å²) in [5.74, 6) is -1.77. The van der Waals surface area contributed by atoms with Crippen molar-refractivity contribution in [1.82, 2.24) is 10.6 Å². The highest BCUT2D eigenvalue weighted by molar-refractivity contribution is 7.84. The van der Waals surface area contributed by atoms with Crippen LogP contribution in [0.5, 0.6) is 5.75 Å². The summed E-state index contributed by atoms with van der Waals surface area (Å²) >= 11 is 0. The number of carbonyl (C=O) groups is 2. The molecule has 198 valence electrons. The first-order valence-electron chi connectivity index (χ1n) is 11.3. The lowest BCUT2D eigenvalue weighted by Gasteiger charge is -2.27. The number of carboxylic acid groups (broad SMARTS) is 1. The summed E-state index contributed by atoms with van der Waals surface area (Å²) < 4.78 is 48.8. The van der Waals surface area contributed by atoms with Crippen LogP contribution in [0, 0.1) is 5.92 Å². The Morgan fingerprint density at radius 2 is 1.61 bits per heavy atom. The number of rotatable bonds is 7. The van der Waals surface area contributed by atoms with Gasteiger partial charge in [-0.2, -0.15) is 13.2 Å². The molecule has 0 radical (unpaired) electrons. The van der Waals surface area contributed by atoms with Gasteiger partial charge < -0.3 is 20.5 Å². The minimum atomic E-state index is -5.08. The van der Waals surface area contributed by atoms with E-state index in [1.54, 1.807) is 13.4 Å². The molecule has 1 aliphatic rings. The van der Waals surface area contributed by atoms with Gasteiger partial charge in [-0.05, 0) is 68.1 Å². The molecular formula is C25H31F3N2O5S. The number of hydrogen-bond acceptors (Lipinski definition) is 5. The van der Waals surface area contributed by atoms with E-state index in [2.05, 4.69) is 16.7 Å². The van der Waals surface area contributed by atoms with Gasteiger partial charge in [0.15, 0.2) is 0 Å². The third kappa shape index (κ3) is 8.63. The average molecular weight is 529 g/mol. The van der Waals surface area contributed by atoms with Crippen LogP contribution in [-0.2, 0) is 26.9 Å². The molecule has 0 spiro atoms. The summed E-state index contributed by atoms with van der Waals surface area (Å²) in [6.45, 7) is 0.443. The summed E-state index contributed by atoms with van der Waals surface area (Å²) in [6, 6.07) is 14.2. The van der Waals surface area contributed by atoms with Crippen molar-refractivity contribution in [1.29, 1.82) is 0 Å². The Bertz CT molecular complexity index is 1050. The molecule has 11 heteroatoms. The lowest BCUT2D eigenvalue weighted by atomic mass is 9.85. The molecule has 1 unspecified atom stereocenters. The van der Waals surface area contributed by atoms with Crippen molar-refractivity contribution in [3.63, 3.8) is 0 Å². The minimum Gasteiger partial charge on any atom is -0.496 e. The van der Waals surface area contributed by atoms with Crippen molar-refractivity contribution in [2.75, 3.05) is 20.4 Å². The maximum atomic E-state index is 12.6. The Kier molecular flexibility index (Phi) is 10.9. The lowest BCUT2D eigenvalue weighted by molar-refractivity contribution is -0.192. The van der Waals surface area contributed by atoms with Crippen LogP contribution in [0.15, 0.2) is 47.4 Å². The molecule has 1 amide bonds. The third-order valence-corrected chi connectivity index (χ3v) is 6.94. The maximum Gasteiger partial charge on any atom is 0.490 e. The number of halogens is 3. The van der Waals surface area contributed by atoms with Crippen LogP contribution in [0.25, 0.3) is 11.1 Å². The summed E-state index contributed by atoms with van der Waals surface area (Å²) in [5.41, 5.74) is 3.03. The van der Waals surface area contributed by atoms with Gasteiger partial charge in [-0.15, -0.1) is 0 Å². The van der Waals surface area contributed by atoms with Crippen LogP contribution in [0.1, 0.15) is 31.2 Å². The average Bonchev–Trinajstić information content (AvgIpc) is 2.87. The topological polar surface area (TPSA) is 105 Å². The van der Waals surface area contributed by atoms with E-state index >= 15 is 0 Å². The number of nitrogens with one attached hydrogen (secondary N) is 2. The predicted molar refractivity (Wildman–Crippen MR) is 131 cm³/mol. The molecule has 3 N–H and O–H groups in total. The third-order valence-electron chi connectivity index (χ3n) is 6.00. The molecule has 2 aromatic rings. The number of methoxy groups -OCH3 is 1. The van der Waals surface area contributed by atoms with E-state index in [0.29, 0.717) is 12.6 Å². The normalized spacial score (nSPS) is 18.4. The molecule has 0 aromatic heterocycles. The number of ether oxygens (including phenoxy) is 1. The second-order valence-corrected chi connectivity index (χ2v) is 9.74.